The number of piperazine rings is 1. The van der Waals surface area contributed by atoms with Gasteiger partial charge in [0.05, 0.1) is 19.8 Å². The van der Waals surface area contributed by atoms with Gasteiger partial charge in [0.25, 0.3) is 0 Å². The third-order valence-corrected chi connectivity index (χ3v) is 5.60. The van der Waals surface area contributed by atoms with Crippen LogP contribution in [-0.2, 0) is 14.3 Å². The first-order chi connectivity index (χ1) is 11.5. The van der Waals surface area contributed by atoms with E-state index < -0.39 is 0 Å². The number of likely N-dealkylation sites (tertiary alicyclic amines) is 1. The summed E-state index contributed by atoms with van der Waals surface area (Å²) in [5.74, 6) is 0.964. The normalized spacial score (nSPS) is 29.9. The highest BCUT2D eigenvalue weighted by Gasteiger charge is 2.36. The number of nitrogens with zero attached hydrogens (tertiary/aromatic N) is 4. The highest BCUT2D eigenvalue weighted by Crippen LogP contribution is 2.23. The minimum atomic E-state index is 0.173. The van der Waals surface area contributed by atoms with Crippen LogP contribution in [0.25, 0.3) is 0 Å². The van der Waals surface area contributed by atoms with E-state index in [4.69, 9.17) is 4.74 Å². The molecule has 3 fully saturated rings. The first-order valence-electron chi connectivity index (χ1n) is 9.12. The molecule has 3 heterocycles. The Morgan fingerprint density at radius 3 is 2.25 bits per heavy atom. The maximum Gasteiger partial charge on any atom is 0.236 e. The molecule has 0 N–H and O–H groups in total. The van der Waals surface area contributed by atoms with Crippen molar-refractivity contribution in [3.8, 4) is 0 Å². The lowest BCUT2D eigenvalue weighted by atomic mass is 10.0. The van der Waals surface area contributed by atoms with Crippen LogP contribution in [0.3, 0.4) is 0 Å². The molecule has 0 spiro atoms. The number of carbonyl (C=O) groups excluding carboxylic acids is 2. The molecule has 2 atom stereocenters. The van der Waals surface area contributed by atoms with Gasteiger partial charge >= 0.3 is 0 Å². The van der Waals surface area contributed by atoms with Crippen molar-refractivity contribution in [2.45, 2.75) is 19.9 Å². The molecule has 136 valence electrons. The Morgan fingerprint density at radius 1 is 0.958 bits per heavy atom. The van der Waals surface area contributed by atoms with E-state index in [1.807, 2.05) is 9.80 Å². The maximum absolute atomic E-state index is 12.4. The van der Waals surface area contributed by atoms with Crippen LogP contribution in [0.2, 0.25) is 0 Å². The average Bonchev–Trinajstić information content (AvgIpc) is 2.96. The van der Waals surface area contributed by atoms with E-state index in [2.05, 4.69) is 16.7 Å². The van der Waals surface area contributed by atoms with E-state index in [9.17, 15) is 9.59 Å². The second-order valence-electron chi connectivity index (χ2n) is 7.27. The Kier molecular flexibility index (Phi) is 5.73. The van der Waals surface area contributed by atoms with Gasteiger partial charge in [-0.2, -0.15) is 0 Å². The van der Waals surface area contributed by atoms with Crippen LogP contribution in [0.1, 0.15) is 13.8 Å². The molecule has 0 aromatic rings. The Labute approximate surface area is 144 Å². The second-order valence-corrected chi connectivity index (χ2v) is 7.27. The van der Waals surface area contributed by atoms with E-state index in [-0.39, 0.29) is 11.8 Å². The van der Waals surface area contributed by atoms with Crippen LogP contribution >= 0.6 is 0 Å². The molecule has 2 amide bonds. The number of rotatable bonds is 3. The van der Waals surface area contributed by atoms with Crippen LogP contribution in [0, 0.1) is 5.92 Å². The van der Waals surface area contributed by atoms with Crippen LogP contribution in [-0.4, -0.2) is 110 Å². The van der Waals surface area contributed by atoms with Gasteiger partial charge in [0, 0.05) is 65.3 Å². The van der Waals surface area contributed by atoms with E-state index in [0.717, 1.165) is 52.4 Å². The molecule has 24 heavy (non-hydrogen) atoms. The Balaban J connectivity index is 1.48. The fourth-order valence-electron chi connectivity index (χ4n) is 4.12. The van der Waals surface area contributed by atoms with Crippen molar-refractivity contribution in [1.29, 1.82) is 0 Å². The fraction of sp³-hybridized carbons (Fsp3) is 0.882. The molecule has 7 nitrogen and oxygen atoms in total. The summed E-state index contributed by atoms with van der Waals surface area (Å²) in [6, 6.07) is 0.497. The van der Waals surface area contributed by atoms with E-state index in [1.54, 1.807) is 6.92 Å². The average molecular weight is 338 g/mol. The number of amides is 2. The smallest absolute Gasteiger partial charge is 0.236 e. The molecule has 0 aliphatic carbocycles. The minimum Gasteiger partial charge on any atom is -0.378 e. The van der Waals surface area contributed by atoms with Crippen molar-refractivity contribution in [3.63, 3.8) is 0 Å². The van der Waals surface area contributed by atoms with Crippen LogP contribution in [0.15, 0.2) is 0 Å². The predicted octanol–water partition coefficient (Wildman–Crippen LogP) is -0.670. The van der Waals surface area contributed by atoms with Gasteiger partial charge in [-0.1, -0.05) is 6.92 Å². The summed E-state index contributed by atoms with van der Waals surface area (Å²) >= 11 is 0. The molecular formula is C17H30N4O3. The molecule has 0 aromatic heterocycles. The summed E-state index contributed by atoms with van der Waals surface area (Å²) in [6.45, 7) is 12.7. The molecule has 0 radical (unpaired) electrons. The maximum atomic E-state index is 12.4. The van der Waals surface area contributed by atoms with Gasteiger partial charge in [-0.25, -0.2) is 0 Å². The first kappa shape index (κ1) is 17.6. The van der Waals surface area contributed by atoms with Gasteiger partial charge in [0.1, 0.15) is 0 Å². The zero-order chi connectivity index (χ0) is 17.1. The quantitative estimate of drug-likeness (QED) is 0.683. The number of hydrogen-bond acceptors (Lipinski definition) is 5. The summed E-state index contributed by atoms with van der Waals surface area (Å²) in [4.78, 5) is 32.5. The Bertz CT molecular complexity index is 459. The molecule has 0 saturated carbocycles. The van der Waals surface area contributed by atoms with Gasteiger partial charge in [-0.3, -0.25) is 19.4 Å². The van der Waals surface area contributed by atoms with Crippen molar-refractivity contribution in [3.05, 3.63) is 0 Å². The van der Waals surface area contributed by atoms with E-state index in [0.29, 0.717) is 31.7 Å². The minimum absolute atomic E-state index is 0.173. The van der Waals surface area contributed by atoms with Crippen molar-refractivity contribution >= 4 is 11.8 Å². The van der Waals surface area contributed by atoms with Gasteiger partial charge in [-0.05, 0) is 5.92 Å². The summed E-state index contributed by atoms with van der Waals surface area (Å²) < 4.78 is 5.32. The molecule has 7 heteroatoms. The SMILES string of the molecule is CC(=O)N1CCN([C@@H]2CN(CC(=O)N3CCOCC3)C[C@H]2C)CC1. The van der Waals surface area contributed by atoms with Crippen LogP contribution < -0.4 is 0 Å². The zero-order valence-electron chi connectivity index (χ0n) is 14.9. The largest absolute Gasteiger partial charge is 0.378 e. The highest BCUT2D eigenvalue weighted by molar-refractivity contribution is 5.78. The fourth-order valence-corrected chi connectivity index (χ4v) is 4.12. The number of hydrogen-bond donors (Lipinski definition) is 0. The van der Waals surface area contributed by atoms with Crippen LogP contribution in [0.5, 0.6) is 0 Å². The molecular weight excluding hydrogens is 308 g/mol. The number of carbonyl (C=O) groups is 2. The lowest BCUT2D eigenvalue weighted by molar-refractivity contribution is -0.136. The third kappa shape index (κ3) is 4.07. The predicted molar refractivity (Wildman–Crippen MR) is 90.6 cm³/mol. The summed E-state index contributed by atoms with van der Waals surface area (Å²) in [5, 5.41) is 0. The van der Waals surface area contributed by atoms with Gasteiger partial charge in [-0.15, -0.1) is 0 Å². The zero-order valence-corrected chi connectivity index (χ0v) is 14.9. The topological polar surface area (TPSA) is 56.3 Å². The first-order valence-corrected chi connectivity index (χ1v) is 9.12. The van der Waals surface area contributed by atoms with E-state index >= 15 is 0 Å². The monoisotopic (exact) mass is 338 g/mol. The van der Waals surface area contributed by atoms with Crippen molar-refractivity contribution < 1.29 is 14.3 Å². The van der Waals surface area contributed by atoms with Crippen molar-refractivity contribution in [1.82, 2.24) is 19.6 Å². The van der Waals surface area contributed by atoms with Gasteiger partial charge in [0.2, 0.25) is 11.8 Å². The summed E-state index contributed by atoms with van der Waals surface area (Å²) in [7, 11) is 0. The van der Waals surface area contributed by atoms with Crippen molar-refractivity contribution in [2.24, 2.45) is 5.92 Å². The lowest BCUT2D eigenvalue weighted by Crippen LogP contribution is -2.53. The third-order valence-electron chi connectivity index (χ3n) is 5.60. The number of morpholine rings is 1. The summed E-state index contributed by atoms with van der Waals surface area (Å²) in [5.41, 5.74) is 0. The van der Waals surface area contributed by atoms with Gasteiger partial charge in [0.15, 0.2) is 0 Å². The lowest BCUT2D eigenvalue weighted by Gasteiger charge is -2.39. The van der Waals surface area contributed by atoms with Crippen molar-refractivity contribution in [2.75, 3.05) is 72.1 Å². The highest BCUT2D eigenvalue weighted by atomic mass is 16.5. The summed E-state index contributed by atoms with van der Waals surface area (Å²) in [6.07, 6.45) is 0. The molecule has 0 aromatic carbocycles. The molecule has 3 aliphatic rings. The number of ether oxygens (including phenoxy) is 1. The standard InChI is InChI=1S/C17H30N4O3/c1-14-11-18(13-17(23)21-7-9-24-10-8-21)12-16(14)20-5-3-19(4-6-20)15(2)22/h14,16H,3-13H2,1-2H3/t14-,16-/m1/s1. The molecule has 3 rings (SSSR count). The van der Waals surface area contributed by atoms with Crippen LogP contribution in [0.4, 0.5) is 0 Å². The molecule has 0 unspecified atom stereocenters. The Hall–Kier alpha value is -1.18. The van der Waals surface area contributed by atoms with Gasteiger partial charge < -0.3 is 14.5 Å². The molecule has 3 saturated heterocycles. The molecule has 0 bridgehead atoms. The molecule has 3 aliphatic heterocycles. The Morgan fingerprint density at radius 2 is 1.62 bits per heavy atom. The second kappa shape index (κ2) is 7.80. The van der Waals surface area contributed by atoms with E-state index in [1.165, 1.54) is 0 Å².